The monoisotopic (exact) mass is 193 g/mol. The third kappa shape index (κ3) is 18.0. The van der Waals surface area contributed by atoms with Gasteiger partial charge in [0.25, 0.3) is 0 Å². The number of carbonyl (C=O) groups is 2. The van der Waals surface area contributed by atoms with E-state index < -0.39 is 18.1 Å². The minimum Gasteiger partial charge on any atom is -0.480 e. The highest BCUT2D eigenvalue weighted by Gasteiger charge is 2.08. The smallest absolute Gasteiger partial charge is 0.402 e. The molecule has 0 aliphatic carbocycles. The van der Waals surface area contributed by atoms with E-state index in [1.165, 1.54) is 0 Å². The van der Waals surface area contributed by atoms with Crippen LogP contribution in [0.2, 0.25) is 0 Å². The van der Waals surface area contributed by atoms with Crippen LogP contribution in [-0.2, 0) is 4.79 Å². The summed E-state index contributed by atoms with van der Waals surface area (Å²) in [6.45, 7) is 0.501. The zero-order valence-electron chi connectivity index (χ0n) is 7.14. The van der Waals surface area contributed by atoms with Gasteiger partial charge in [0.05, 0.1) is 0 Å². The molecule has 13 heavy (non-hydrogen) atoms. The summed E-state index contributed by atoms with van der Waals surface area (Å²) in [5, 5.41) is 15.4. The van der Waals surface area contributed by atoms with Gasteiger partial charge in [-0.1, -0.05) is 0 Å². The zero-order valence-corrected chi connectivity index (χ0v) is 7.14. The van der Waals surface area contributed by atoms with Crippen molar-refractivity contribution >= 4 is 12.1 Å². The molecule has 0 saturated carbocycles. The van der Waals surface area contributed by atoms with Crippen LogP contribution in [0.4, 0.5) is 4.79 Å². The van der Waals surface area contributed by atoms with Gasteiger partial charge in [0.1, 0.15) is 6.04 Å². The van der Waals surface area contributed by atoms with Gasteiger partial charge in [-0.3, -0.25) is 4.79 Å². The van der Waals surface area contributed by atoms with Crippen molar-refractivity contribution in [3.8, 4) is 0 Å². The van der Waals surface area contributed by atoms with Crippen molar-refractivity contribution in [3.05, 3.63) is 0 Å². The SMILES string of the molecule is NC(=O)O.NCCCC(N)C(=O)O. The van der Waals surface area contributed by atoms with Crippen molar-refractivity contribution in [2.75, 3.05) is 6.54 Å². The molecule has 78 valence electrons. The van der Waals surface area contributed by atoms with Gasteiger partial charge in [-0.2, -0.15) is 0 Å². The van der Waals surface area contributed by atoms with E-state index in [1.54, 1.807) is 0 Å². The molecule has 0 aromatic rings. The Morgan fingerprint density at radius 1 is 1.31 bits per heavy atom. The quantitative estimate of drug-likeness (QED) is 0.376. The van der Waals surface area contributed by atoms with Crippen LogP contribution in [0.3, 0.4) is 0 Å². The largest absolute Gasteiger partial charge is 0.480 e. The standard InChI is InChI=1S/C5H12N2O2.CH3NO2/c6-3-1-2-4(7)5(8)9;2-1(3)4/h4H,1-3,6-7H2,(H,8,9);2H2,(H,3,4). The van der Waals surface area contributed by atoms with E-state index >= 15 is 0 Å². The number of aliphatic carboxylic acids is 1. The van der Waals surface area contributed by atoms with Gasteiger partial charge in [0.2, 0.25) is 0 Å². The molecule has 0 spiro atoms. The maximum atomic E-state index is 10.0. The molecule has 0 rings (SSSR count). The minimum atomic E-state index is -1.33. The van der Waals surface area contributed by atoms with Crippen LogP contribution in [0.5, 0.6) is 0 Å². The number of carboxylic acid groups (broad SMARTS) is 2. The predicted octanol–water partition coefficient (Wildman–Crippen LogP) is -1.24. The molecule has 0 aliphatic heterocycles. The second-order valence-electron chi connectivity index (χ2n) is 2.21. The molecule has 8 N–H and O–H groups in total. The lowest BCUT2D eigenvalue weighted by molar-refractivity contribution is -0.138. The highest BCUT2D eigenvalue weighted by molar-refractivity contribution is 5.72. The number of hydrogen-bond acceptors (Lipinski definition) is 4. The van der Waals surface area contributed by atoms with Crippen molar-refractivity contribution in [2.45, 2.75) is 18.9 Å². The molecule has 1 atom stereocenters. The average molecular weight is 193 g/mol. The summed E-state index contributed by atoms with van der Waals surface area (Å²) in [5.41, 5.74) is 14.3. The first-order valence-corrected chi connectivity index (χ1v) is 3.58. The Balaban J connectivity index is 0. The first kappa shape index (κ1) is 14.2. The number of carboxylic acids is 1. The van der Waals surface area contributed by atoms with Crippen molar-refractivity contribution in [1.29, 1.82) is 0 Å². The van der Waals surface area contributed by atoms with Crippen molar-refractivity contribution in [2.24, 2.45) is 17.2 Å². The molecular weight excluding hydrogens is 178 g/mol. The molecule has 1 amide bonds. The molecule has 0 bridgehead atoms. The fourth-order valence-corrected chi connectivity index (χ4v) is 0.461. The van der Waals surface area contributed by atoms with Crippen molar-refractivity contribution in [1.82, 2.24) is 0 Å². The number of hydrogen-bond donors (Lipinski definition) is 5. The van der Waals surface area contributed by atoms with Crippen LogP contribution in [0.25, 0.3) is 0 Å². The number of amides is 1. The summed E-state index contributed by atoms with van der Waals surface area (Å²) in [7, 11) is 0. The molecule has 0 aliphatic rings. The first-order valence-electron chi connectivity index (χ1n) is 3.58. The summed E-state index contributed by atoms with van der Waals surface area (Å²) in [5.74, 6) is -0.955. The van der Waals surface area contributed by atoms with Crippen LogP contribution in [0.15, 0.2) is 0 Å². The van der Waals surface area contributed by atoms with E-state index in [9.17, 15) is 4.79 Å². The van der Waals surface area contributed by atoms with E-state index in [-0.39, 0.29) is 0 Å². The Labute approximate surface area is 75.5 Å². The normalized spacial score (nSPS) is 10.9. The molecule has 7 nitrogen and oxygen atoms in total. The second-order valence-corrected chi connectivity index (χ2v) is 2.21. The zero-order chi connectivity index (χ0) is 10.9. The van der Waals surface area contributed by atoms with Crippen molar-refractivity contribution in [3.63, 3.8) is 0 Å². The second kappa shape index (κ2) is 8.75. The summed E-state index contributed by atoms with van der Waals surface area (Å²) in [6.07, 6.45) is -0.195. The number of rotatable bonds is 4. The molecule has 1 unspecified atom stereocenters. The van der Waals surface area contributed by atoms with Gasteiger partial charge in [-0.05, 0) is 19.4 Å². The lowest BCUT2D eigenvalue weighted by Gasteiger charge is -2.02. The molecule has 7 heteroatoms. The minimum absolute atomic E-state index is 0.464. The Kier molecular flexibility index (Phi) is 9.56. The lowest BCUT2D eigenvalue weighted by Crippen LogP contribution is -2.30. The summed E-state index contributed by atoms with van der Waals surface area (Å²) in [4.78, 5) is 18.8. The Morgan fingerprint density at radius 2 is 1.69 bits per heavy atom. The predicted molar refractivity (Wildman–Crippen MR) is 46.1 cm³/mol. The van der Waals surface area contributed by atoms with Gasteiger partial charge in [0, 0.05) is 0 Å². The van der Waals surface area contributed by atoms with Crippen LogP contribution >= 0.6 is 0 Å². The van der Waals surface area contributed by atoms with E-state index in [2.05, 4.69) is 5.73 Å². The molecule has 0 aromatic heterocycles. The Morgan fingerprint density at radius 3 is 1.92 bits per heavy atom. The molecular formula is C6H15N3O4. The summed E-state index contributed by atoms with van der Waals surface area (Å²) in [6, 6.07) is -0.742. The van der Waals surface area contributed by atoms with E-state index in [0.717, 1.165) is 0 Å². The highest BCUT2D eigenvalue weighted by atomic mass is 16.4. The van der Waals surface area contributed by atoms with Crippen LogP contribution in [0, 0.1) is 0 Å². The average Bonchev–Trinajstić information content (AvgIpc) is 1.98. The van der Waals surface area contributed by atoms with E-state index in [1.807, 2.05) is 0 Å². The Hall–Kier alpha value is -1.34. The fourth-order valence-electron chi connectivity index (χ4n) is 0.461. The summed E-state index contributed by atoms with van der Waals surface area (Å²) >= 11 is 0. The topological polar surface area (TPSA) is 153 Å². The maximum absolute atomic E-state index is 10.0. The number of primary amides is 1. The molecule has 0 fully saturated rings. The van der Waals surface area contributed by atoms with E-state index in [0.29, 0.717) is 19.4 Å². The first-order chi connectivity index (χ1) is 5.91. The van der Waals surface area contributed by atoms with Crippen molar-refractivity contribution < 1.29 is 19.8 Å². The van der Waals surface area contributed by atoms with Crippen LogP contribution < -0.4 is 17.2 Å². The maximum Gasteiger partial charge on any atom is 0.402 e. The number of nitrogens with two attached hydrogens (primary N) is 3. The lowest BCUT2D eigenvalue weighted by atomic mass is 10.2. The molecule has 0 radical (unpaired) electrons. The molecule has 0 heterocycles. The van der Waals surface area contributed by atoms with Gasteiger partial charge >= 0.3 is 12.1 Å². The van der Waals surface area contributed by atoms with Gasteiger partial charge < -0.3 is 27.4 Å². The highest BCUT2D eigenvalue weighted by Crippen LogP contribution is 1.91. The Bertz CT molecular complexity index is 158. The van der Waals surface area contributed by atoms with Gasteiger partial charge in [0.15, 0.2) is 0 Å². The molecule has 0 aromatic carbocycles. The fraction of sp³-hybridized carbons (Fsp3) is 0.667. The van der Waals surface area contributed by atoms with Crippen LogP contribution in [-0.4, -0.2) is 34.9 Å². The van der Waals surface area contributed by atoms with Gasteiger partial charge in [-0.15, -0.1) is 0 Å². The van der Waals surface area contributed by atoms with E-state index in [4.69, 9.17) is 26.5 Å². The summed E-state index contributed by atoms with van der Waals surface area (Å²) < 4.78 is 0. The van der Waals surface area contributed by atoms with Gasteiger partial charge in [-0.25, -0.2) is 4.79 Å². The third-order valence-electron chi connectivity index (χ3n) is 1.04. The molecule has 0 saturated heterocycles. The van der Waals surface area contributed by atoms with Crippen LogP contribution in [0.1, 0.15) is 12.8 Å². The third-order valence-corrected chi connectivity index (χ3v) is 1.04.